The molecule has 0 aliphatic carbocycles. The molecule has 0 saturated carbocycles. The number of benzene rings is 1. The van der Waals surface area contributed by atoms with Crippen LogP contribution in [0.25, 0.3) is 11.1 Å². The van der Waals surface area contributed by atoms with Gasteiger partial charge in [-0.15, -0.1) is 0 Å². The molecular formula is C19H20N4O5. The minimum Gasteiger partial charge on any atom is -0.461 e. The van der Waals surface area contributed by atoms with Crippen LogP contribution in [0, 0.1) is 13.8 Å². The van der Waals surface area contributed by atoms with Crippen LogP contribution < -0.4 is 10.9 Å². The second-order valence-corrected chi connectivity index (χ2v) is 6.25. The van der Waals surface area contributed by atoms with E-state index in [1.807, 2.05) is 19.1 Å². The highest BCUT2D eigenvalue weighted by Gasteiger charge is 2.27. The second-order valence-electron chi connectivity index (χ2n) is 6.25. The van der Waals surface area contributed by atoms with Gasteiger partial charge >= 0.3 is 5.97 Å². The largest absolute Gasteiger partial charge is 0.461 e. The van der Waals surface area contributed by atoms with Gasteiger partial charge in [-0.1, -0.05) is 23.4 Å². The van der Waals surface area contributed by atoms with Crippen LogP contribution in [-0.4, -0.2) is 33.2 Å². The number of esters is 1. The molecule has 2 heterocycles. The third kappa shape index (κ3) is 3.38. The fraction of sp³-hybridized carbons (Fsp3) is 0.316. The molecule has 9 heteroatoms. The monoisotopic (exact) mass is 384 g/mol. The number of para-hydroxylation sites is 1. The standard InChI is InChI=1S/C19H20N4O5/c1-5-27-19(26)15-14-17(28-22-15)20-12(4)23(18(14)25)11(3)16(24)21-13-9-7-6-8-10(13)2/h6-9,11H,5H2,1-4H3,(H,21,24). The van der Waals surface area contributed by atoms with Crippen molar-refractivity contribution in [2.75, 3.05) is 11.9 Å². The van der Waals surface area contributed by atoms with Gasteiger partial charge in [-0.3, -0.25) is 14.2 Å². The van der Waals surface area contributed by atoms with Gasteiger partial charge < -0.3 is 14.6 Å². The summed E-state index contributed by atoms with van der Waals surface area (Å²) in [6, 6.07) is 6.43. The lowest BCUT2D eigenvalue weighted by molar-refractivity contribution is -0.118. The summed E-state index contributed by atoms with van der Waals surface area (Å²) < 4.78 is 11.1. The maximum Gasteiger partial charge on any atom is 0.361 e. The molecule has 0 aliphatic rings. The first-order chi connectivity index (χ1) is 13.3. The molecule has 1 amide bonds. The number of carbonyl (C=O) groups is 2. The lowest BCUT2D eigenvalue weighted by Gasteiger charge is -2.17. The van der Waals surface area contributed by atoms with Gasteiger partial charge in [-0.05, 0) is 39.3 Å². The zero-order valence-corrected chi connectivity index (χ0v) is 16.0. The number of anilines is 1. The Morgan fingerprint density at radius 3 is 2.68 bits per heavy atom. The summed E-state index contributed by atoms with van der Waals surface area (Å²) in [5, 5.41) is 6.31. The molecule has 146 valence electrons. The second kappa shape index (κ2) is 7.63. The normalized spacial score (nSPS) is 12.0. The summed E-state index contributed by atoms with van der Waals surface area (Å²) in [5.74, 6) is -0.918. The fourth-order valence-electron chi connectivity index (χ4n) is 2.88. The quantitative estimate of drug-likeness (QED) is 0.671. The molecule has 0 bridgehead atoms. The van der Waals surface area contributed by atoms with Gasteiger partial charge in [0.25, 0.3) is 11.3 Å². The number of aromatic nitrogens is 3. The minimum atomic E-state index is -0.881. The third-order valence-electron chi connectivity index (χ3n) is 4.36. The number of fused-ring (bicyclic) bond motifs is 1. The molecule has 1 aromatic carbocycles. The predicted octanol–water partition coefficient (Wildman–Crippen LogP) is 2.38. The Morgan fingerprint density at radius 1 is 1.29 bits per heavy atom. The first-order valence-corrected chi connectivity index (χ1v) is 8.77. The van der Waals surface area contributed by atoms with Crippen molar-refractivity contribution >= 4 is 28.7 Å². The van der Waals surface area contributed by atoms with Crippen molar-refractivity contribution < 1.29 is 18.8 Å². The average Bonchev–Trinajstić information content (AvgIpc) is 3.07. The smallest absolute Gasteiger partial charge is 0.361 e. The highest BCUT2D eigenvalue weighted by atomic mass is 16.5. The molecule has 1 atom stereocenters. The van der Waals surface area contributed by atoms with E-state index in [2.05, 4.69) is 15.5 Å². The van der Waals surface area contributed by atoms with Crippen molar-refractivity contribution in [2.45, 2.75) is 33.7 Å². The highest BCUT2D eigenvalue weighted by molar-refractivity contribution is 6.00. The van der Waals surface area contributed by atoms with Crippen LogP contribution in [0.3, 0.4) is 0 Å². The van der Waals surface area contributed by atoms with E-state index < -0.39 is 23.5 Å². The molecule has 0 radical (unpaired) electrons. The Balaban J connectivity index is 2.03. The Kier molecular flexibility index (Phi) is 5.25. The van der Waals surface area contributed by atoms with E-state index >= 15 is 0 Å². The zero-order valence-electron chi connectivity index (χ0n) is 16.0. The third-order valence-corrected chi connectivity index (χ3v) is 4.36. The van der Waals surface area contributed by atoms with Crippen LogP contribution in [0.4, 0.5) is 5.69 Å². The molecule has 0 saturated heterocycles. The number of hydrogen-bond donors (Lipinski definition) is 1. The molecule has 1 unspecified atom stereocenters. The van der Waals surface area contributed by atoms with Gasteiger partial charge in [0, 0.05) is 5.69 Å². The molecular weight excluding hydrogens is 364 g/mol. The number of aryl methyl sites for hydroxylation is 2. The Morgan fingerprint density at radius 2 is 2.00 bits per heavy atom. The van der Waals surface area contributed by atoms with E-state index in [0.29, 0.717) is 5.69 Å². The van der Waals surface area contributed by atoms with Gasteiger partial charge in [0.05, 0.1) is 6.61 Å². The van der Waals surface area contributed by atoms with E-state index in [1.54, 1.807) is 32.9 Å². The van der Waals surface area contributed by atoms with E-state index in [-0.39, 0.29) is 29.2 Å². The summed E-state index contributed by atoms with van der Waals surface area (Å²) in [5.41, 5.74) is 0.614. The topological polar surface area (TPSA) is 116 Å². The Hall–Kier alpha value is -3.49. The number of ether oxygens (including phenoxy) is 1. The maximum absolute atomic E-state index is 13.0. The Bertz CT molecular complexity index is 1120. The van der Waals surface area contributed by atoms with E-state index in [0.717, 1.165) is 5.56 Å². The number of carbonyl (C=O) groups excluding carboxylic acids is 2. The molecule has 0 spiro atoms. The van der Waals surface area contributed by atoms with Gasteiger partial charge in [0.15, 0.2) is 0 Å². The molecule has 0 fully saturated rings. The van der Waals surface area contributed by atoms with Gasteiger partial charge in [-0.2, -0.15) is 4.98 Å². The lowest BCUT2D eigenvalue weighted by atomic mass is 10.2. The van der Waals surface area contributed by atoms with Crippen LogP contribution >= 0.6 is 0 Å². The predicted molar refractivity (Wildman–Crippen MR) is 101 cm³/mol. The molecule has 28 heavy (non-hydrogen) atoms. The SMILES string of the molecule is CCOC(=O)c1noc2nc(C)n(C(C)C(=O)Nc3ccccc3C)c(=O)c12. The van der Waals surface area contributed by atoms with Crippen molar-refractivity contribution in [3.8, 4) is 0 Å². The van der Waals surface area contributed by atoms with Crippen LogP contribution in [0.1, 0.15) is 41.8 Å². The fourth-order valence-corrected chi connectivity index (χ4v) is 2.88. The van der Waals surface area contributed by atoms with Crippen molar-refractivity contribution in [3.63, 3.8) is 0 Å². The average molecular weight is 384 g/mol. The van der Waals surface area contributed by atoms with Gasteiger partial charge in [0.1, 0.15) is 17.3 Å². The summed E-state index contributed by atoms with van der Waals surface area (Å²) in [6.45, 7) is 6.78. The minimum absolute atomic E-state index is 0.0756. The summed E-state index contributed by atoms with van der Waals surface area (Å²) in [7, 11) is 0. The van der Waals surface area contributed by atoms with Gasteiger partial charge in [0.2, 0.25) is 11.6 Å². The maximum atomic E-state index is 13.0. The van der Waals surface area contributed by atoms with E-state index in [1.165, 1.54) is 4.57 Å². The highest BCUT2D eigenvalue weighted by Crippen LogP contribution is 2.19. The van der Waals surface area contributed by atoms with Crippen molar-refractivity contribution in [1.82, 2.24) is 14.7 Å². The van der Waals surface area contributed by atoms with Gasteiger partial charge in [-0.25, -0.2) is 4.79 Å². The molecule has 3 rings (SSSR count). The van der Waals surface area contributed by atoms with E-state index in [9.17, 15) is 14.4 Å². The number of nitrogens with zero attached hydrogens (tertiary/aromatic N) is 3. The lowest BCUT2D eigenvalue weighted by Crippen LogP contribution is -2.34. The Labute approximate surface area is 160 Å². The summed E-state index contributed by atoms with van der Waals surface area (Å²) in [4.78, 5) is 42.0. The van der Waals surface area contributed by atoms with Crippen molar-refractivity contribution in [3.05, 3.63) is 51.7 Å². The summed E-state index contributed by atoms with van der Waals surface area (Å²) in [6.07, 6.45) is 0. The molecule has 3 aromatic rings. The van der Waals surface area contributed by atoms with Crippen LogP contribution in [0.5, 0.6) is 0 Å². The van der Waals surface area contributed by atoms with Crippen LogP contribution in [0.2, 0.25) is 0 Å². The van der Waals surface area contributed by atoms with Crippen molar-refractivity contribution in [1.29, 1.82) is 0 Å². The summed E-state index contributed by atoms with van der Waals surface area (Å²) >= 11 is 0. The zero-order chi connectivity index (χ0) is 20.4. The number of hydrogen-bond acceptors (Lipinski definition) is 7. The van der Waals surface area contributed by atoms with E-state index in [4.69, 9.17) is 9.26 Å². The number of rotatable bonds is 5. The molecule has 2 aromatic heterocycles. The van der Waals surface area contributed by atoms with Crippen LogP contribution in [-0.2, 0) is 9.53 Å². The van der Waals surface area contributed by atoms with Crippen molar-refractivity contribution in [2.24, 2.45) is 0 Å². The molecule has 1 N–H and O–H groups in total. The molecule has 9 nitrogen and oxygen atoms in total. The first-order valence-electron chi connectivity index (χ1n) is 8.77. The van der Waals surface area contributed by atoms with Crippen LogP contribution in [0.15, 0.2) is 33.6 Å². The number of amides is 1. The number of nitrogens with one attached hydrogen (secondary N) is 1. The molecule has 0 aliphatic heterocycles. The first kappa shape index (κ1) is 19.3.